The van der Waals surface area contributed by atoms with Crippen molar-refractivity contribution in [1.82, 2.24) is 9.61 Å². The fraction of sp³-hybridized carbons (Fsp3) is 0.417. The van der Waals surface area contributed by atoms with Crippen LogP contribution in [0.15, 0.2) is 30.6 Å². The van der Waals surface area contributed by atoms with Crippen molar-refractivity contribution >= 4 is 5.52 Å². The van der Waals surface area contributed by atoms with E-state index in [0.29, 0.717) is 0 Å². The highest BCUT2D eigenvalue weighted by molar-refractivity contribution is 5.56. The molecule has 1 saturated carbocycles. The molecule has 1 fully saturated rings. The molecule has 2 aromatic rings. The summed E-state index contributed by atoms with van der Waals surface area (Å²) in [5.41, 5.74) is 8.67. The molecule has 0 atom stereocenters. The van der Waals surface area contributed by atoms with Gasteiger partial charge < -0.3 is 5.73 Å². The van der Waals surface area contributed by atoms with Gasteiger partial charge in [-0.15, -0.1) is 0 Å². The number of hydrogen-bond donors (Lipinski definition) is 1. The quantitative estimate of drug-likeness (QED) is 0.767. The number of rotatable bonds is 1. The molecule has 2 N–H and O–H groups in total. The van der Waals surface area contributed by atoms with E-state index in [1.54, 1.807) is 0 Å². The molecule has 1 aliphatic carbocycles. The summed E-state index contributed by atoms with van der Waals surface area (Å²) in [4.78, 5) is 0. The third-order valence-electron chi connectivity index (χ3n) is 3.46. The van der Waals surface area contributed by atoms with Gasteiger partial charge in [-0.05, 0) is 25.0 Å². The van der Waals surface area contributed by atoms with Crippen LogP contribution in [0.2, 0.25) is 0 Å². The molecule has 0 aromatic carbocycles. The zero-order chi connectivity index (χ0) is 10.3. The standard InChI is InChI=1S/C12H15N3/c13-12(6-2-3-7-12)10-9-14-15-8-4-1-5-11(10)15/h1,4-5,8-9H,2-3,6-7,13H2. The van der Waals surface area contributed by atoms with Crippen LogP contribution < -0.4 is 5.73 Å². The molecule has 1 aliphatic rings. The molecule has 0 radical (unpaired) electrons. The Morgan fingerprint density at radius 1 is 1.27 bits per heavy atom. The smallest absolute Gasteiger partial charge is 0.0712 e. The van der Waals surface area contributed by atoms with Gasteiger partial charge in [-0.1, -0.05) is 18.9 Å². The summed E-state index contributed by atoms with van der Waals surface area (Å²) in [6, 6.07) is 6.12. The number of nitrogens with zero attached hydrogens (tertiary/aromatic N) is 2. The van der Waals surface area contributed by atoms with E-state index < -0.39 is 0 Å². The predicted octanol–water partition coefficient (Wildman–Crippen LogP) is 2.06. The number of hydrogen-bond acceptors (Lipinski definition) is 2. The first-order valence-electron chi connectivity index (χ1n) is 5.51. The lowest BCUT2D eigenvalue weighted by Crippen LogP contribution is -2.32. The first-order chi connectivity index (χ1) is 7.30. The third kappa shape index (κ3) is 1.27. The van der Waals surface area contributed by atoms with Gasteiger partial charge in [0.15, 0.2) is 0 Å². The van der Waals surface area contributed by atoms with E-state index >= 15 is 0 Å². The minimum Gasteiger partial charge on any atom is -0.321 e. The highest BCUT2D eigenvalue weighted by Gasteiger charge is 2.33. The Morgan fingerprint density at radius 2 is 2.07 bits per heavy atom. The highest BCUT2D eigenvalue weighted by atomic mass is 15.2. The van der Waals surface area contributed by atoms with E-state index in [4.69, 9.17) is 5.73 Å². The lowest BCUT2D eigenvalue weighted by molar-refractivity contribution is 0.465. The lowest BCUT2D eigenvalue weighted by Gasteiger charge is -2.22. The molecule has 0 aliphatic heterocycles. The number of pyridine rings is 1. The Hall–Kier alpha value is -1.35. The zero-order valence-corrected chi connectivity index (χ0v) is 8.69. The predicted molar refractivity (Wildman–Crippen MR) is 59.5 cm³/mol. The van der Waals surface area contributed by atoms with Gasteiger partial charge in [-0.2, -0.15) is 5.10 Å². The van der Waals surface area contributed by atoms with Gasteiger partial charge in [0.25, 0.3) is 0 Å². The van der Waals surface area contributed by atoms with Crippen molar-refractivity contribution in [3.8, 4) is 0 Å². The van der Waals surface area contributed by atoms with E-state index in [1.807, 2.05) is 29.0 Å². The molecule has 3 nitrogen and oxygen atoms in total. The number of nitrogens with two attached hydrogens (primary N) is 1. The Kier molecular flexibility index (Phi) is 1.83. The van der Waals surface area contributed by atoms with Crippen molar-refractivity contribution in [2.75, 3.05) is 0 Å². The number of aromatic nitrogens is 2. The molecule has 3 heteroatoms. The van der Waals surface area contributed by atoms with Crippen molar-refractivity contribution in [3.63, 3.8) is 0 Å². The lowest BCUT2D eigenvalue weighted by atomic mass is 9.90. The van der Waals surface area contributed by atoms with Gasteiger partial charge >= 0.3 is 0 Å². The van der Waals surface area contributed by atoms with Gasteiger partial charge in [0.2, 0.25) is 0 Å². The molecule has 0 amide bonds. The second kappa shape index (κ2) is 3.07. The van der Waals surface area contributed by atoms with Gasteiger partial charge in [0, 0.05) is 17.3 Å². The third-order valence-corrected chi connectivity index (χ3v) is 3.46. The Morgan fingerprint density at radius 3 is 2.87 bits per heavy atom. The molecular weight excluding hydrogens is 186 g/mol. The van der Waals surface area contributed by atoms with E-state index in [2.05, 4.69) is 11.2 Å². The van der Waals surface area contributed by atoms with Crippen LogP contribution in [0.25, 0.3) is 5.52 Å². The Bertz CT molecular complexity index is 480. The molecule has 2 aromatic heterocycles. The first-order valence-corrected chi connectivity index (χ1v) is 5.51. The maximum absolute atomic E-state index is 6.44. The maximum atomic E-state index is 6.44. The first kappa shape index (κ1) is 8.92. The van der Waals surface area contributed by atoms with E-state index in [9.17, 15) is 0 Å². The summed E-state index contributed by atoms with van der Waals surface area (Å²) in [6.07, 6.45) is 8.55. The SMILES string of the molecule is NC1(c2cnn3ccccc23)CCCC1. The topological polar surface area (TPSA) is 43.3 Å². The molecular formula is C12H15N3. The van der Waals surface area contributed by atoms with Gasteiger partial charge in [-0.3, -0.25) is 0 Å². The molecule has 2 heterocycles. The van der Waals surface area contributed by atoms with E-state index in [0.717, 1.165) is 18.4 Å². The molecule has 0 saturated heterocycles. The van der Waals surface area contributed by atoms with Crippen LogP contribution in [0, 0.1) is 0 Å². The fourth-order valence-corrected chi connectivity index (χ4v) is 2.59. The average molecular weight is 201 g/mol. The summed E-state index contributed by atoms with van der Waals surface area (Å²) in [5.74, 6) is 0. The van der Waals surface area contributed by atoms with Crippen molar-refractivity contribution in [3.05, 3.63) is 36.2 Å². The highest BCUT2D eigenvalue weighted by Crippen LogP contribution is 2.37. The van der Waals surface area contributed by atoms with Crippen LogP contribution in [-0.2, 0) is 5.54 Å². The van der Waals surface area contributed by atoms with Crippen LogP contribution in [0.4, 0.5) is 0 Å². The van der Waals surface area contributed by atoms with Gasteiger partial charge in [0.05, 0.1) is 11.7 Å². The fourth-order valence-electron chi connectivity index (χ4n) is 2.59. The molecule has 0 bridgehead atoms. The minimum absolute atomic E-state index is 0.136. The second-order valence-corrected chi connectivity index (χ2v) is 4.45. The largest absolute Gasteiger partial charge is 0.321 e. The van der Waals surface area contributed by atoms with Crippen LogP contribution in [-0.4, -0.2) is 9.61 Å². The monoisotopic (exact) mass is 201 g/mol. The van der Waals surface area contributed by atoms with Crippen LogP contribution in [0.3, 0.4) is 0 Å². The summed E-state index contributed by atoms with van der Waals surface area (Å²) in [7, 11) is 0. The second-order valence-electron chi connectivity index (χ2n) is 4.45. The summed E-state index contributed by atoms with van der Waals surface area (Å²) in [6.45, 7) is 0. The van der Waals surface area contributed by atoms with Crippen molar-refractivity contribution in [1.29, 1.82) is 0 Å². The van der Waals surface area contributed by atoms with Crippen LogP contribution >= 0.6 is 0 Å². The minimum atomic E-state index is -0.136. The molecule has 0 spiro atoms. The maximum Gasteiger partial charge on any atom is 0.0712 e. The van der Waals surface area contributed by atoms with Crippen molar-refractivity contribution in [2.45, 2.75) is 31.2 Å². The van der Waals surface area contributed by atoms with Crippen molar-refractivity contribution < 1.29 is 0 Å². The van der Waals surface area contributed by atoms with E-state index in [-0.39, 0.29) is 5.54 Å². The summed E-state index contributed by atoms with van der Waals surface area (Å²) >= 11 is 0. The molecule has 3 rings (SSSR count). The average Bonchev–Trinajstić information content (AvgIpc) is 2.84. The normalized spacial score (nSPS) is 19.8. The van der Waals surface area contributed by atoms with Crippen LogP contribution in [0.5, 0.6) is 0 Å². The Labute approximate surface area is 88.9 Å². The summed E-state index contributed by atoms with van der Waals surface area (Å²) < 4.78 is 1.91. The molecule has 15 heavy (non-hydrogen) atoms. The molecule has 0 unspecified atom stereocenters. The van der Waals surface area contributed by atoms with Crippen LogP contribution in [0.1, 0.15) is 31.2 Å². The Balaban J connectivity index is 2.18. The summed E-state index contributed by atoms with van der Waals surface area (Å²) in [5, 5.41) is 4.35. The zero-order valence-electron chi connectivity index (χ0n) is 8.69. The van der Waals surface area contributed by atoms with E-state index in [1.165, 1.54) is 18.4 Å². The molecule has 78 valence electrons. The van der Waals surface area contributed by atoms with Gasteiger partial charge in [0.1, 0.15) is 0 Å². The van der Waals surface area contributed by atoms with Crippen molar-refractivity contribution in [2.24, 2.45) is 5.73 Å². The number of fused-ring (bicyclic) bond motifs is 1. The van der Waals surface area contributed by atoms with Gasteiger partial charge in [-0.25, -0.2) is 4.52 Å².